The quantitative estimate of drug-likeness (QED) is 0.683. The minimum atomic E-state index is -0.321. The van der Waals surface area contributed by atoms with Crippen molar-refractivity contribution < 1.29 is 18.7 Å². The van der Waals surface area contributed by atoms with Crippen molar-refractivity contribution in [3.8, 4) is 0 Å². The Labute approximate surface area is 101 Å². The van der Waals surface area contributed by atoms with Crippen LogP contribution in [-0.4, -0.2) is 32.7 Å². The molecule has 1 aromatic carbocycles. The van der Waals surface area contributed by atoms with E-state index in [9.17, 15) is 9.18 Å². The maximum atomic E-state index is 13.0. The Bertz CT molecular complexity index is 377. The second kappa shape index (κ2) is 7.14. The molecule has 0 unspecified atom stereocenters. The van der Waals surface area contributed by atoms with Crippen molar-refractivity contribution in [2.75, 3.05) is 26.9 Å². The van der Waals surface area contributed by atoms with Crippen LogP contribution in [0.25, 0.3) is 0 Å². The van der Waals surface area contributed by atoms with Crippen molar-refractivity contribution in [1.82, 2.24) is 0 Å². The summed E-state index contributed by atoms with van der Waals surface area (Å²) >= 11 is 0. The molecule has 0 N–H and O–H groups in total. The van der Waals surface area contributed by atoms with Gasteiger partial charge < -0.3 is 9.47 Å². The molecule has 0 aliphatic heterocycles. The van der Waals surface area contributed by atoms with E-state index in [1.807, 2.05) is 6.92 Å². The number of ether oxygens (including phenoxy) is 2. The van der Waals surface area contributed by atoms with Crippen LogP contribution in [0.2, 0.25) is 0 Å². The van der Waals surface area contributed by atoms with Crippen LogP contribution in [0.4, 0.5) is 4.39 Å². The molecule has 0 saturated heterocycles. The largest absolute Gasteiger partial charge is 0.382 e. The number of hydrogen-bond donors (Lipinski definition) is 0. The molecule has 1 rings (SSSR count). The monoisotopic (exact) mass is 240 g/mol. The van der Waals surface area contributed by atoms with Crippen LogP contribution in [0.1, 0.15) is 11.1 Å². The molecular formula is C13H17FO3. The first-order valence-corrected chi connectivity index (χ1v) is 5.47. The maximum Gasteiger partial charge on any atom is 0.162 e. The second-order valence-corrected chi connectivity index (χ2v) is 3.83. The normalized spacial score (nSPS) is 10.5. The molecule has 0 radical (unpaired) electrons. The molecule has 0 fully saturated rings. The number of hydrogen-bond acceptors (Lipinski definition) is 3. The van der Waals surface area contributed by atoms with Gasteiger partial charge in [0.25, 0.3) is 0 Å². The van der Waals surface area contributed by atoms with Crippen LogP contribution in [0.3, 0.4) is 0 Å². The fourth-order valence-corrected chi connectivity index (χ4v) is 1.42. The Balaban J connectivity index is 2.42. The Hall–Kier alpha value is -1.26. The molecule has 0 amide bonds. The van der Waals surface area contributed by atoms with Gasteiger partial charge in [-0.15, -0.1) is 0 Å². The first-order valence-electron chi connectivity index (χ1n) is 5.47. The van der Waals surface area contributed by atoms with Crippen molar-refractivity contribution >= 4 is 5.78 Å². The van der Waals surface area contributed by atoms with Gasteiger partial charge in [0, 0.05) is 13.5 Å². The molecule has 1 aromatic rings. The van der Waals surface area contributed by atoms with E-state index in [0.717, 1.165) is 5.56 Å². The van der Waals surface area contributed by atoms with Crippen LogP contribution in [-0.2, 0) is 20.7 Å². The lowest BCUT2D eigenvalue weighted by molar-refractivity contribution is -0.123. The highest BCUT2D eigenvalue weighted by Crippen LogP contribution is 2.11. The summed E-state index contributed by atoms with van der Waals surface area (Å²) in [5.41, 5.74) is 1.63. The second-order valence-electron chi connectivity index (χ2n) is 3.83. The molecule has 17 heavy (non-hydrogen) atoms. The van der Waals surface area contributed by atoms with Crippen LogP contribution >= 0.6 is 0 Å². The average molecular weight is 240 g/mol. The summed E-state index contributed by atoms with van der Waals surface area (Å²) in [4.78, 5) is 11.6. The molecule has 94 valence electrons. The van der Waals surface area contributed by atoms with Gasteiger partial charge in [0.2, 0.25) is 0 Å². The summed E-state index contributed by atoms with van der Waals surface area (Å²) in [5.74, 6) is -0.381. The number of aryl methyl sites for hydroxylation is 1. The standard InChI is InChI=1S/C13H17FO3/c1-10-3-4-12(14)7-11(10)8-13(15)9-17-6-5-16-2/h3-4,7H,5-6,8-9H2,1-2H3. The van der Waals surface area contributed by atoms with E-state index >= 15 is 0 Å². The molecule has 0 spiro atoms. The Kier molecular flexibility index (Phi) is 5.80. The number of benzene rings is 1. The van der Waals surface area contributed by atoms with Crippen molar-refractivity contribution in [1.29, 1.82) is 0 Å². The number of Topliss-reactive ketones (excluding diaryl/α,β-unsaturated/α-hetero) is 1. The van der Waals surface area contributed by atoms with Gasteiger partial charge in [-0.3, -0.25) is 4.79 Å². The van der Waals surface area contributed by atoms with E-state index < -0.39 is 0 Å². The first kappa shape index (κ1) is 13.8. The van der Waals surface area contributed by atoms with Gasteiger partial charge in [0.15, 0.2) is 5.78 Å². The number of halogens is 1. The molecule has 0 atom stereocenters. The average Bonchev–Trinajstić information content (AvgIpc) is 2.29. The number of ketones is 1. The molecule has 0 aliphatic rings. The highest BCUT2D eigenvalue weighted by atomic mass is 19.1. The Morgan fingerprint density at radius 2 is 2.12 bits per heavy atom. The van der Waals surface area contributed by atoms with Gasteiger partial charge in [0.05, 0.1) is 13.2 Å². The lowest BCUT2D eigenvalue weighted by atomic mass is 10.0. The van der Waals surface area contributed by atoms with E-state index in [-0.39, 0.29) is 24.6 Å². The number of rotatable bonds is 7. The van der Waals surface area contributed by atoms with Crippen molar-refractivity contribution in [3.63, 3.8) is 0 Å². The highest BCUT2D eigenvalue weighted by molar-refractivity contribution is 5.82. The summed E-state index contributed by atoms with van der Waals surface area (Å²) in [5, 5.41) is 0. The van der Waals surface area contributed by atoms with Crippen LogP contribution in [0.5, 0.6) is 0 Å². The number of carbonyl (C=O) groups is 1. The molecule has 0 aliphatic carbocycles. The van der Waals surface area contributed by atoms with Crippen molar-refractivity contribution in [2.24, 2.45) is 0 Å². The Morgan fingerprint density at radius 1 is 1.35 bits per heavy atom. The predicted octanol–water partition coefficient (Wildman–Crippen LogP) is 1.91. The third-order valence-corrected chi connectivity index (χ3v) is 2.39. The highest BCUT2D eigenvalue weighted by Gasteiger charge is 2.07. The van der Waals surface area contributed by atoms with E-state index in [0.29, 0.717) is 18.8 Å². The third-order valence-electron chi connectivity index (χ3n) is 2.39. The number of carbonyl (C=O) groups excluding carboxylic acids is 1. The molecule has 0 bridgehead atoms. The maximum absolute atomic E-state index is 13.0. The minimum absolute atomic E-state index is 0.0410. The molecule has 0 aromatic heterocycles. The van der Waals surface area contributed by atoms with Crippen LogP contribution in [0, 0.1) is 12.7 Å². The summed E-state index contributed by atoms with van der Waals surface area (Å²) in [6.07, 6.45) is 0.205. The zero-order valence-electron chi connectivity index (χ0n) is 10.2. The van der Waals surface area contributed by atoms with Gasteiger partial charge in [-0.2, -0.15) is 0 Å². The third kappa shape index (κ3) is 5.06. The Morgan fingerprint density at radius 3 is 2.82 bits per heavy atom. The topological polar surface area (TPSA) is 35.5 Å². The van der Waals surface area contributed by atoms with Crippen LogP contribution in [0.15, 0.2) is 18.2 Å². The number of methoxy groups -OCH3 is 1. The van der Waals surface area contributed by atoms with E-state index in [1.165, 1.54) is 12.1 Å². The van der Waals surface area contributed by atoms with Crippen molar-refractivity contribution in [2.45, 2.75) is 13.3 Å². The lowest BCUT2D eigenvalue weighted by Gasteiger charge is -2.06. The van der Waals surface area contributed by atoms with Gasteiger partial charge in [-0.05, 0) is 30.2 Å². The molecule has 4 heteroatoms. The van der Waals surface area contributed by atoms with Gasteiger partial charge in [-0.1, -0.05) is 6.07 Å². The molecular weight excluding hydrogens is 223 g/mol. The molecule has 0 saturated carbocycles. The predicted molar refractivity (Wildman–Crippen MR) is 62.5 cm³/mol. The summed E-state index contributed by atoms with van der Waals surface area (Å²) in [7, 11) is 1.57. The fraction of sp³-hybridized carbons (Fsp3) is 0.462. The van der Waals surface area contributed by atoms with Gasteiger partial charge in [0.1, 0.15) is 12.4 Å². The summed E-state index contributed by atoms with van der Waals surface area (Å²) in [6.45, 7) is 2.75. The zero-order chi connectivity index (χ0) is 12.7. The summed E-state index contributed by atoms with van der Waals surface area (Å²) in [6, 6.07) is 4.45. The molecule has 0 heterocycles. The lowest BCUT2D eigenvalue weighted by Crippen LogP contribution is -2.14. The van der Waals surface area contributed by atoms with E-state index in [1.54, 1.807) is 13.2 Å². The zero-order valence-corrected chi connectivity index (χ0v) is 10.2. The smallest absolute Gasteiger partial charge is 0.162 e. The van der Waals surface area contributed by atoms with E-state index in [2.05, 4.69) is 0 Å². The molecule has 3 nitrogen and oxygen atoms in total. The van der Waals surface area contributed by atoms with Crippen LogP contribution < -0.4 is 0 Å². The van der Waals surface area contributed by atoms with Gasteiger partial charge >= 0.3 is 0 Å². The SMILES string of the molecule is COCCOCC(=O)Cc1cc(F)ccc1C. The summed E-state index contributed by atoms with van der Waals surface area (Å²) < 4.78 is 22.9. The fourth-order valence-electron chi connectivity index (χ4n) is 1.42. The van der Waals surface area contributed by atoms with Crippen molar-refractivity contribution in [3.05, 3.63) is 35.1 Å². The van der Waals surface area contributed by atoms with E-state index in [4.69, 9.17) is 9.47 Å². The first-order chi connectivity index (χ1) is 8.13. The van der Waals surface area contributed by atoms with Gasteiger partial charge in [-0.25, -0.2) is 4.39 Å². The minimum Gasteiger partial charge on any atom is -0.382 e.